The van der Waals surface area contributed by atoms with Crippen LogP contribution in [-0.4, -0.2) is 20.5 Å². The molecule has 0 N–H and O–H groups in total. The molecule has 0 unspecified atom stereocenters. The average Bonchev–Trinajstić information content (AvgIpc) is 3.01. The summed E-state index contributed by atoms with van der Waals surface area (Å²) in [6.45, 7) is 1.60. The van der Waals surface area contributed by atoms with E-state index in [-0.39, 0.29) is 5.78 Å². The topological polar surface area (TPSA) is 47.8 Å². The molecule has 1 aliphatic rings. The first-order valence-electron chi connectivity index (χ1n) is 8.69. The molecule has 24 heavy (non-hydrogen) atoms. The fraction of sp³-hybridized carbons (Fsp3) is 0.350. The first kappa shape index (κ1) is 15.1. The highest BCUT2D eigenvalue weighted by Gasteiger charge is 2.24. The number of fused-ring (bicyclic) bond motifs is 1. The third kappa shape index (κ3) is 2.62. The van der Waals surface area contributed by atoms with Crippen LogP contribution in [0.2, 0.25) is 0 Å². The van der Waals surface area contributed by atoms with Gasteiger partial charge in [-0.15, -0.1) is 0 Å². The largest absolute Gasteiger partial charge is 0.295 e. The summed E-state index contributed by atoms with van der Waals surface area (Å²) in [5.41, 5.74) is 2.84. The summed E-state index contributed by atoms with van der Waals surface area (Å²) in [6, 6.07) is 11.8. The number of pyridine rings is 1. The van der Waals surface area contributed by atoms with Gasteiger partial charge in [-0.2, -0.15) is 5.10 Å². The van der Waals surface area contributed by atoms with Crippen molar-refractivity contribution in [3.05, 3.63) is 53.9 Å². The quantitative estimate of drug-likeness (QED) is 0.659. The maximum Gasteiger partial charge on any atom is 0.159 e. The molecule has 1 saturated carbocycles. The Bertz CT molecular complexity index is 877. The highest BCUT2D eigenvalue weighted by Crippen LogP contribution is 2.37. The van der Waals surface area contributed by atoms with Crippen molar-refractivity contribution in [1.82, 2.24) is 14.8 Å². The molecule has 0 bridgehead atoms. The summed E-state index contributed by atoms with van der Waals surface area (Å²) in [4.78, 5) is 16.2. The molecule has 0 atom stereocenters. The maximum atomic E-state index is 11.7. The van der Waals surface area contributed by atoms with Gasteiger partial charge in [0.15, 0.2) is 11.6 Å². The van der Waals surface area contributed by atoms with Gasteiger partial charge in [-0.1, -0.05) is 37.5 Å². The summed E-state index contributed by atoms with van der Waals surface area (Å²) >= 11 is 0. The number of hydrogen-bond donors (Lipinski definition) is 0. The zero-order valence-electron chi connectivity index (χ0n) is 13.9. The smallest absolute Gasteiger partial charge is 0.159 e. The summed E-state index contributed by atoms with van der Waals surface area (Å²) in [5.74, 6) is 1.43. The molecule has 4 rings (SSSR count). The Labute approximate surface area is 141 Å². The molecular formula is C20H21N3O. The Hall–Kier alpha value is -2.49. The third-order valence-corrected chi connectivity index (χ3v) is 4.97. The van der Waals surface area contributed by atoms with E-state index in [4.69, 9.17) is 5.10 Å². The van der Waals surface area contributed by atoms with E-state index >= 15 is 0 Å². The number of rotatable bonds is 3. The molecule has 4 nitrogen and oxygen atoms in total. The molecule has 0 radical (unpaired) electrons. The molecule has 4 heteroatoms. The number of nitrogens with zero attached hydrogens (tertiary/aromatic N) is 3. The molecule has 1 aliphatic carbocycles. The van der Waals surface area contributed by atoms with E-state index in [1.165, 1.54) is 37.8 Å². The van der Waals surface area contributed by atoms with Crippen molar-refractivity contribution in [2.75, 3.05) is 0 Å². The Morgan fingerprint density at radius 1 is 1.12 bits per heavy atom. The van der Waals surface area contributed by atoms with Gasteiger partial charge in [0, 0.05) is 23.1 Å². The minimum Gasteiger partial charge on any atom is -0.295 e. The monoisotopic (exact) mass is 319 g/mol. The minimum atomic E-state index is 0.0727. The van der Waals surface area contributed by atoms with Crippen LogP contribution in [0.25, 0.3) is 16.7 Å². The van der Waals surface area contributed by atoms with Gasteiger partial charge in [0.2, 0.25) is 0 Å². The van der Waals surface area contributed by atoms with E-state index in [2.05, 4.69) is 11.1 Å². The fourth-order valence-corrected chi connectivity index (χ4v) is 3.75. The third-order valence-electron chi connectivity index (χ3n) is 4.97. The Balaban J connectivity index is 1.93. The highest BCUT2D eigenvalue weighted by atomic mass is 16.1. The first-order chi connectivity index (χ1) is 11.7. The van der Waals surface area contributed by atoms with Crippen LogP contribution in [0.4, 0.5) is 0 Å². The summed E-state index contributed by atoms with van der Waals surface area (Å²) in [5, 5.41) is 5.95. The Kier molecular flexibility index (Phi) is 3.89. The second-order valence-corrected chi connectivity index (χ2v) is 6.61. The van der Waals surface area contributed by atoms with E-state index in [1.807, 2.05) is 35.0 Å². The van der Waals surface area contributed by atoms with Crippen LogP contribution < -0.4 is 0 Å². The van der Waals surface area contributed by atoms with Crippen molar-refractivity contribution in [2.45, 2.75) is 44.9 Å². The summed E-state index contributed by atoms with van der Waals surface area (Å²) in [6.07, 6.45) is 8.05. The van der Waals surface area contributed by atoms with Crippen LogP contribution in [0.15, 0.2) is 42.6 Å². The van der Waals surface area contributed by atoms with Crippen LogP contribution in [0.1, 0.15) is 61.0 Å². The molecule has 1 fully saturated rings. The minimum absolute atomic E-state index is 0.0727. The lowest BCUT2D eigenvalue weighted by atomic mass is 9.85. The van der Waals surface area contributed by atoms with Crippen molar-refractivity contribution in [3.8, 4) is 5.82 Å². The van der Waals surface area contributed by atoms with Crippen LogP contribution in [-0.2, 0) is 0 Å². The van der Waals surface area contributed by atoms with Gasteiger partial charge in [0.25, 0.3) is 0 Å². The van der Waals surface area contributed by atoms with Crippen molar-refractivity contribution < 1.29 is 4.79 Å². The lowest BCUT2D eigenvalue weighted by Gasteiger charge is -2.22. The number of Topliss-reactive ketones (excluding diaryl/α,β-unsaturated/α-hetero) is 1. The molecule has 0 saturated heterocycles. The van der Waals surface area contributed by atoms with Gasteiger partial charge in [-0.3, -0.25) is 4.79 Å². The van der Waals surface area contributed by atoms with Crippen LogP contribution in [0.5, 0.6) is 0 Å². The average molecular weight is 319 g/mol. The van der Waals surface area contributed by atoms with E-state index in [1.54, 1.807) is 13.1 Å². The van der Waals surface area contributed by atoms with E-state index in [0.29, 0.717) is 11.5 Å². The van der Waals surface area contributed by atoms with Crippen molar-refractivity contribution in [2.24, 2.45) is 0 Å². The highest BCUT2D eigenvalue weighted by molar-refractivity contribution is 5.98. The van der Waals surface area contributed by atoms with E-state index in [9.17, 15) is 4.79 Å². The standard InChI is InChI=1S/C20H21N3O/c1-14(24)16-10-11-17-18(13-16)22-23(19-9-5-6-12-21-19)20(17)15-7-3-2-4-8-15/h5-6,9-13,15H,2-4,7-8H2,1H3. The van der Waals surface area contributed by atoms with Crippen LogP contribution >= 0.6 is 0 Å². The second kappa shape index (κ2) is 6.19. The maximum absolute atomic E-state index is 11.7. The molecule has 0 amide bonds. The Morgan fingerprint density at radius 3 is 2.67 bits per heavy atom. The lowest BCUT2D eigenvalue weighted by molar-refractivity contribution is 0.101. The molecule has 3 aromatic rings. The van der Waals surface area contributed by atoms with Crippen molar-refractivity contribution in [3.63, 3.8) is 0 Å². The molecular weight excluding hydrogens is 298 g/mol. The van der Waals surface area contributed by atoms with Gasteiger partial charge < -0.3 is 0 Å². The molecule has 2 heterocycles. The number of carbonyl (C=O) groups is 1. The molecule has 0 aliphatic heterocycles. The van der Waals surface area contributed by atoms with Crippen LogP contribution in [0, 0.1) is 0 Å². The number of aromatic nitrogens is 3. The SMILES string of the molecule is CC(=O)c1ccc2c(C3CCCCC3)n(-c3ccccn3)nc2c1. The molecule has 2 aromatic heterocycles. The number of hydrogen-bond acceptors (Lipinski definition) is 3. The molecule has 1 aromatic carbocycles. The van der Waals surface area contributed by atoms with Gasteiger partial charge in [0.05, 0.1) is 11.2 Å². The zero-order valence-corrected chi connectivity index (χ0v) is 13.9. The van der Waals surface area contributed by atoms with E-state index in [0.717, 1.165) is 16.7 Å². The lowest BCUT2D eigenvalue weighted by Crippen LogP contribution is -2.12. The molecule has 122 valence electrons. The fourth-order valence-electron chi connectivity index (χ4n) is 3.75. The van der Waals surface area contributed by atoms with Crippen molar-refractivity contribution >= 4 is 16.7 Å². The van der Waals surface area contributed by atoms with Gasteiger partial charge >= 0.3 is 0 Å². The predicted molar refractivity (Wildman–Crippen MR) is 94.7 cm³/mol. The number of carbonyl (C=O) groups excluding carboxylic acids is 1. The first-order valence-corrected chi connectivity index (χ1v) is 8.69. The van der Waals surface area contributed by atoms with Gasteiger partial charge in [-0.05, 0) is 38.0 Å². The predicted octanol–water partition coefficient (Wildman–Crippen LogP) is 4.67. The zero-order chi connectivity index (χ0) is 16.5. The second-order valence-electron chi connectivity index (χ2n) is 6.61. The van der Waals surface area contributed by atoms with Gasteiger partial charge in [0.1, 0.15) is 0 Å². The number of benzene rings is 1. The van der Waals surface area contributed by atoms with Crippen molar-refractivity contribution in [1.29, 1.82) is 0 Å². The molecule has 0 spiro atoms. The Morgan fingerprint density at radius 2 is 1.96 bits per heavy atom. The number of ketones is 1. The normalized spacial score (nSPS) is 15.7. The van der Waals surface area contributed by atoms with Gasteiger partial charge in [-0.25, -0.2) is 9.67 Å². The summed E-state index contributed by atoms with van der Waals surface area (Å²) < 4.78 is 1.99. The van der Waals surface area contributed by atoms with E-state index < -0.39 is 0 Å². The summed E-state index contributed by atoms with van der Waals surface area (Å²) in [7, 11) is 0. The van der Waals surface area contributed by atoms with Crippen LogP contribution in [0.3, 0.4) is 0 Å².